The Morgan fingerprint density at radius 2 is 2.04 bits per heavy atom. The van der Waals surface area contributed by atoms with Crippen LogP contribution in [0.3, 0.4) is 0 Å². The van der Waals surface area contributed by atoms with Crippen LogP contribution in [0.15, 0.2) is 4.21 Å². The molecule has 0 unspecified atom stereocenters. The molecule has 1 aliphatic heterocycles. The number of thiophene rings is 1. The lowest BCUT2D eigenvalue weighted by Crippen LogP contribution is -2.36. The second-order valence-corrected chi connectivity index (χ2v) is 8.81. The van der Waals surface area contributed by atoms with Crippen LogP contribution in [0.4, 0.5) is 0 Å². The van der Waals surface area contributed by atoms with E-state index in [-0.39, 0.29) is 34.7 Å². The fraction of sp³-hybridized carbons (Fsp3) is 0.571. The summed E-state index contributed by atoms with van der Waals surface area (Å²) in [5.41, 5.74) is 0.468. The van der Waals surface area contributed by atoms with Gasteiger partial charge in [0.2, 0.25) is 5.91 Å². The SMILES string of the molecule is CC(C)C(=O)NCCNS(=O)(=O)c1sc2c(c1C(=O)O)CCNC2. The highest BCUT2D eigenvalue weighted by molar-refractivity contribution is 7.91. The highest BCUT2D eigenvalue weighted by atomic mass is 32.2. The second-order valence-electron chi connectivity index (χ2n) is 5.74. The van der Waals surface area contributed by atoms with Gasteiger partial charge in [0.1, 0.15) is 4.21 Å². The van der Waals surface area contributed by atoms with Gasteiger partial charge in [-0.25, -0.2) is 17.9 Å². The molecule has 8 nitrogen and oxygen atoms in total. The van der Waals surface area contributed by atoms with Crippen LogP contribution in [0, 0.1) is 5.92 Å². The van der Waals surface area contributed by atoms with Crippen molar-refractivity contribution in [3.63, 3.8) is 0 Å². The number of nitrogens with one attached hydrogen (secondary N) is 3. The Hall–Kier alpha value is -1.49. The molecule has 1 aliphatic rings. The van der Waals surface area contributed by atoms with Crippen LogP contribution >= 0.6 is 11.3 Å². The lowest BCUT2D eigenvalue weighted by molar-refractivity contribution is -0.123. The summed E-state index contributed by atoms with van der Waals surface area (Å²) < 4.78 is 27.1. The third-order valence-corrected chi connectivity index (χ3v) is 6.81. The number of carbonyl (C=O) groups excluding carboxylic acids is 1. The molecule has 2 heterocycles. The molecular formula is C14H21N3O5S2. The zero-order chi connectivity index (χ0) is 17.9. The quantitative estimate of drug-likeness (QED) is 0.503. The fourth-order valence-corrected chi connectivity index (χ4v) is 5.29. The minimum atomic E-state index is -3.94. The van der Waals surface area contributed by atoms with Crippen LogP contribution in [0.25, 0.3) is 0 Å². The smallest absolute Gasteiger partial charge is 0.338 e. The van der Waals surface area contributed by atoms with Gasteiger partial charge in [-0.15, -0.1) is 11.3 Å². The van der Waals surface area contributed by atoms with Gasteiger partial charge in [0, 0.05) is 30.4 Å². The minimum Gasteiger partial charge on any atom is -0.478 e. The summed E-state index contributed by atoms with van der Waals surface area (Å²) in [5, 5.41) is 15.1. The van der Waals surface area contributed by atoms with Gasteiger partial charge in [0.15, 0.2) is 0 Å². The molecule has 1 aromatic rings. The topological polar surface area (TPSA) is 125 Å². The number of carboxylic acids is 1. The zero-order valence-corrected chi connectivity index (χ0v) is 15.1. The molecule has 1 amide bonds. The first kappa shape index (κ1) is 18.8. The Morgan fingerprint density at radius 3 is 2.67 bits per heavy atom. The molecule has 0 aromatic carbocycles. The van der Waals surface area contributed by atoms with E-state index in [4.69, 9.17) is 0 Å². The number of hydrogen-bond acceptors (Lipinski definition) is 6. The van der Waals surface area contributed by atoms with Crippen molar-refractivity contribution >= 4 is 33.2 Å². The van der Waals surface area contributed by atoms with Crippen LogP contribution < -0.4 is 15.4 Å². The number of carboxylic acid groups (broad SMARTS) is 1. The van der Waals surface area contributed by atoms with Gasteiger partial charge in [0.25, 0.3) is 10.0 Å². The van der Waals surface area contributed by atoms with Crippen molar-refractivity contribution in [2.24, 2.45) is 5.92 Å². The normalized spacial score (nSPS) is 14.5. The highest BCUT2D eigenvalue weighted by Crippen LogP contribution is 2.34. The lowest BCUT2D eigenvalue weighted by Gasteiger charge is -2.12. The number of rotatable bonds is 7. The molecule has 2 rings (SSSR count). The Bertz CT molecular complexity index is 740. The monoisotopic (exact) mass is 375 g/mol. The molecule has 0 saturated carbocycles. The van der Waals surface area contributed by atoms with Gasteiger partial charge in [-0.1, -0.05) is 13.8 Å². The maximum Gasteiger partial charge on any atom is 0.338 e. The first-order valence-corrected chi connectivity index (χ1v) is 9.90. The average molecular weight is 375 g/mol. The Morgan fingerprint density at radius 1 is 1.33 bits per heavy atom. The van der Waals surface area contributed by atoms with Crippen molar-refractivity contribution in [3.8, 4) is 0 Å². The van der Waals surface area contributed by atoms with Crippen LogP contribution in [0.5, 0.6) is 0 Å². The van der Waals surface area contributed by atoms with Crippen LogP contribution in [0.2, 0.25) is 0 Å². The predicted molar refractivity (Wildman–Crippen MR) is 89.7 cm³/mol. The first-order chi connectivity index (χ1) is 11.2. The van der Waals surface area contributed by atoms with Crippen molar-refractivity contribution in [1.29, 1.82) is 0 Å². The van der Waals surface area contributed by atoms with Gasteiger partial charge in [-0.2, -0.15) is 0 Å². The van der Waals surface area contributed by atoms with E-state index in [2.05, 4.69) is 15.4 Å². The molecule has 0 bridgehead atoms. The van der Waals surface area contributed by atoms with Gasteiger partial charge in [0.05, 0.1) is 5.56 Å². The molecule has 0 radical (unpaired) electrons. The standard InChI is InChI=1S/C14H21N3O5S2/c1-8(2)12(18)16-5-6-17-24(21,22)14-11(13(19)20)9-3-4-15-7-10(9)23-14/h8,15,17H,3-7H2,1-2H3,(H,16,18)(H,19,20). The van der Waals surface area contributed by atoms with E-state index >= 15 is 0 Å². The third-order valence-electron chi connectivity index (χ3n) is 3.59. The van der Waals surface area contributed by atoms with Crippen molar-refractivity contribution in [2.75, 3.05) is 19.6 Å². The predicted octanol–water partition coefficient (Wildman–Crippen LogP) is 0.143. The summed E-state index contributed by atoms with van der Waals surface area (Å²) >= 11 is 0.985. The fourth-order valence-electron chi connectivity index (χ4n) is 2.36. The molecular weight excluding hydrogens is 354 g/mol. The largest absolute Gasteiger partial charge is 0.478 e. The highest BCUT2D eigenvalue weighted by Gasteiger charge is 2.31. The molecule has 134 valence electrons. The third kappa shape index (κ3) is 4.12. The minimum absolute atomic E-state index is 0.000664. The molecule has 0 fully saturated rings. The van der Waals surface area contributed by atoms with Crippen molar-refractivity contribution in [2.45, 2.75) is 31.0 Å². The molecule has 0 spiro atoms. The summed E-state index contributed by atoms with van der Waals surface area (Å²) in [6.45, 7) is 4.72. The zero-order valence-electron chi connectivity index (χ0n) is 13.5. The summed E-state index contributed by atoms with van der Waals surface area (Å²) in [6.07, 6.45) is 0.493. The number of fused-ring (bicyclic) bond motifs is 1. The van der Waals surface area contributed by atoms with E-state index in [9.17, 15) is 23.1 Å². The Balaban J connectivity index is 2.13. The van der Waals surface area contributed by atoms with Crippen LogP contribution in [0.1, 0.15) is 34.6 Å². The number of amides is 1. The Kier molecular flexibility index (Phi) is 5.97. The summed E-state index contributed by atoms with van der Waals surface area (Å²) in [7, 11) is -3.94. The van der Waals surface area contributed by atoms with Gasteiger partial charge in [-0.3, -0.25) is 4.79 Å². The number of sulfonamides is 1. The number of hydrogen-bond donors (Lipinski definition) is 4. The van der Waals surface area contributed by atoms with E-state index in [1.165, 1.54) is 0 Å². The van der Waals surface area contributed by atoms with Crippen molar-refractivity contribution in [3.05, 3.63) is 16.0 Å². The molecule has 0 aliphatic carbocycles. The molecule has 0 atom stereocenters. The lowest BCUT2D eigenvalue weighted by atomic mass is 10.1. The van der Waals surface area contributed by atoms with Crippen molar-refractivity contribution in [1.82, 2.24) is 15.4 Å². The molecule has 0 saturated heterocycles. The summed E-state index contributed by atoms with van der Waals surface area (Å²) in [5.74, 6) is -1.59. The summed E-state index contributed by atoms with van der Waals surface area (Å²) in [6, 6.07) is 0. The molecule has 10 heteroatoms. The number of carbonyl (C=O) groups is 2. The van der Waals surface area contributed by atoms with Crippen molar-refractivity contribution < 1.29 is 23.1 Å². The molecule has 4 N–H and O–H groups in total. The number of aromatic carboxylic acids is 1. The van der Waals surface area contributed by atoms with E-state index in [1.54, 1.807) is 13.8 Å². The average Bonchev–Trinajstić information content (AvgIpc) is 2.91. The second kappa shape index (κ2) is 7.60. The van der Waals surface area contributed by atoms with E-state index < -0.39 is 16.0 Å². The molecule has 24 heavy (non-hydrogen) atoms. The first-order valence-electron chi connectivity index (χ1n) is 7.60. The van der Waals surface area contributed by atoms with Gasteiger partial charge < -0.3 is 15.7 Å². The van der Waals surface area contributed by atoms with E-state index in [0.29, 0.717) is 25.1 Å². The van der Waals surface area contributed by atoms with Crippen LogP contribution in [-0.4, -0.2) is 45.0 Å². The maximum absolute atomic E-state index is 12.5. The summed E-state index contributed by atoms with van der Waals surface area (Å²) in [4.78, 5) is 23.7. The molecule has 1 aromatic heterocycles. The van der Waals surface area contributed by atoms with E-state index in [0.717, 1.165) is 16.2 Å². The van der Waals surface area contributed by atoms with Gasteiger partial charge in [-0.05, 0) is 18.5 Å². The Labute approximate surface area is 144 Å². The van der Waals surface area contributed by atoms with E-state index in [1.807, 2.05) is 0 Å². The van der Waals surface area contributed by atoms with Crippen LogP contribution in [-0.2, 0) is 27.8 Å². The maximum atomic E-state index is 12.5. The van der Waals surface area contributed by atoms with Gasteiger partial charge >= 0.3 is 5.97 Å².